The van der Waals surface area contributed by atoms with Gasteiger partial charge in [0.1, 0.15) is 0 Å². The molecular formula is C23H27N3O. The van der Waals surface area contributed by atoms with Gasteiger partial charge in [-0.1, -0.05) is 48.5 Å². The first-order valence-electron chi connectivity index (χ1n) is 9.81. The van der Waals surface area contributed by atoms with Crippen molar-refractivity contribution in [3.63, 3.8) is 0 Å². The highest BCUT2D eigenvalue weighted by Gasteiger charge is 2.22. The molecule has 1 aromatic heterocycles. The highest BCUT2D eigenvalue weighted by molar-refractivity contribution is 5.84. The molecule has 1 aliphatic heterocycles. The molecule has 0 spiro atoms. The Morgan fingerprint density at radius 1 is 0.963 bits per heavy atom. The standard InChI is InChI=1S/C23H27N3O/c1-18-21(20-9-5-6-10-22(20)24-18)17-25-13-15-26(16-14-25)23(27)12-11-19-7-3-2-4-8-19/h2-10,24H,11-17H2,1H3. The molecule has 2 aromatic carbocycles. The van der Waals surface area contributed by atoms with Crippen LogP contribution >= 0.6 is 0 Å². The van der Waals surface area contributed by atoms with Crippen LogP contribution in [-0.4, -0.2) is 46.9 Å². The normalized spacial score (nSPS) is 15.4. The Bertz CT molecular complexity index is 908. The van der Waals surface area contributed by atoms with Crippen LogP contribution < -0.4 is 0 Å². The predicted molar refractivity (Wildman–Crippen MR) is 110 cm³/mol. The summed E-state index contributed by atoms with van der Waals surface area (Å²) in [6, 6.07) is 18.8. The van der Waals surface area contributed by atoms with Crippen LogP contribution in [0.5, 0.6) is 0 Å². The Labute approximate surface area is 160 Å². The minimum atomic E-state index is 0.279. The minimum Gasteiger partial charge on any atom is -0.358 e. The number of aryl methyl sites for hydroxylation is 2. The van der Waals surface area contributed by atoms with Gasteiger partial charge in [0.05, 0.1) is 0 Å². The predicted octanol–water partition coefficient (Wildman–Crippen LogP) is 3.75. The molecule has 0 aliphatic carbocycles. The molecule has 4 nitrogen and oxygen atoms in total. The number of amides is 1. The van der Waals surface area contributed by atoms with Gasteiger partial charge in [-0.25, -0.2) is 0 Å². The fourth-order valence-electron chi connectivity index (χ4n) is 3.97. The number of benzene rings is 2. The lowest BCUT2D eigenvalue weighted by Crippen LogP contribution is -2.48. The highest BCUT2D eigenvalue weighted by atomic mass is 16.2. The number of nitrogens with one attached hydrogen (secondary N) is 1. The number of piperazine rings is 1. The number of H-pyrrole nitrogens is 1. The first-order valence-corrected chi connectivity index (χ1v) is 9.81. The Morgan fingerprint density at radius 2 is 1.67 bits per heavy atom. The molecule has 27 heavy (non-hydrogen) atoms. The third-order valence-electron chi connectivity index (χ3n) is 5.60. The molecule has 1 amide bonds. The maximum absolute atomic E-state index is 12.5. The zero-order valence-electron chi connectivity index (χ0n) is 15.9. The van der Waals surface area contributed by atoms with Crippen molar-refractivity contribution in [2.45, 2.75) is 26.3 Å². The highest BCUT2D eigenvalue weighted by Crippen LogP contribution is 2.23. The van der Waals surface area contributed by atoms with E-state index in [4.69, 9.17) is 0 Å². The van der Waals surface area contributed by atoms with Crippen LogP contribution in [0, 0.1) is 6.92 Å². The number of carbonyl (C=O) groups excluding carboxylic acids is 1. The van der Waals surface area contributed by atoms with Gasteiger partial charge in [0.25, 0.3) is 0 Å². The van der Waals surface area contributed by atoms with Crippen molar-refractivity contribution in [3.05, 3.63) is 71.4 Å². The Morgan fingerprint density at radius 3 is 2.44 bits per heavy atom. The summed E-state index contributed by atoms with van der Waals surface area (Å²) >= 11 is 0. The van der Waals surface area contributed by atoms with Gasteiger partial charge >= 0.3 is 0 Å². The van der Waals surface area contributed by atoms with Crippen LogP contribution in [-0.2, 0) is 17.8 Å². The summed E-state index contributed by atoms with van der Waals surface area (Å²) in [6.45, 7) is 6.64. The smallest absolute Gasteiger partial charge is 0.222 e. The van der Waals surface area contributed by atoms with Crippen molar-refractivity contribution in [1.82, 2.24) is 14.8 Å². The summed E-state index contributed by atoms with van der Waals surface area (Å²) < 4.78 is 0. The van der Waals surface area contributed by atoms with Gasteiger partial charge < -0.3 is 9.88 Å². The molecule has 0 bridgehead atoms. The molecule has 0 radical (unpaired) electrons. The molecule has 4 rings (SSSR count). The van der Waals surface area contributed by atoms with Gasteiger partial charge in [0, 0.05) is 55.7 Å². The van der Waals surface area contributed by atoms with E-state index in [0.29, 0.717) is 6.42 Å². The van der Waals surface area contributed by atoms with Crippen LogP contribution in [0.2, 0.25) is 0 Å². The fraction of sp³-hybridized carbons (Fsp3) is 0.348. The van der Waals surface area contributed by atoms with Crippen molar-refractivity contribution in [3.8, 4) is 0 Å². The lowest BCUT2D eigenvalue weighted by Gasteiger charge is -2.35. The molecular weight excluding hydrogens is 334 g/mol. The average Bonchev–Trinajstić information content (AvgIpc) is 3.03. The lowest BCUT2D eigenvalue weighted by atomic mass is 10.1. The quantitative estimate of drug-likeness (QED) is 0.752. The minimum absolute atomic E-state index is 0.279. The number of rotatable bonds is 5. The molecule has 0 saturated carbocycles. The summed E-state index contributed by atoms with van der Waals surface area (Å²) in [5.41, 5.74) is 5.08. The van der Waals surface area contributed by atoms with Gasteiger partial charge in [-0.2, -0.15) is 0 Å². The number of para-hydroxylation sites is 1. The number of hydrogen-bond donors (Lipinski definition) is 1. The average molecular weight is 361 g/mol. The third kappa shape index (κ3) is 4.06. The SMILES string of the molecule is Cc1[nH]c2ccccc2c1CN1CCN(C(=O)CCc2ccccc2)CC1. The number of aromatic amines is 1. The van der Waals surface area contributed by atoms with Gasteiger partial charge in [0.2, 0.25) is 5.91 Å². The summed E-state index contributed by atoms with van der Waals surface area (Å²) in [6.07, 6.45) is 1.43. The van der Waals surface area contributed by atoms with Crippen molar-refractivity contribution < 1.29 is 4.79 Å². The summed E-state index contributed by atoms with van der Waals surface area (Å²) in [5, 5.41) is 1.32. The van der Waals surface area contributed by atoms with Crippen LogP contribution in [0.25, 0.3) is 10.9 Å². The molecule has 1 N–H and O–H groups in total. The fourth-order valence-corrected chi connectivity index (χ4v) is 3.97. The molecule has 140 valence electrons. The third-order valence-corrected chi connectivity index (χ3v) is 5.60. The zero-order chi connectivity index (χ0) is 18.6. The van der Waals surface area contributed by atoms with E-state index in [1.54, 1.807) is 0 Å². The first-order chi connectivity index (χ1) is 13.2. The molecule has 1 fully saturated rings. The van der Waals surface area contributed by atoms with E-state index in [0.717, 1.165) is 39.1 Å². The first kappa shape index (κ1) is 17.8. The molecule has 4 heteroatoms. The van der Waals surface area contributed by atoms with Gasteiger partial charge in [-0.3, -0.25) is 9.69 Å². The number of aromatic nitrogens is 1. The molecule has 1 saturated heterocycles. The van der Waals surface area contributed by atoms with Crippen molar-refractivity contribution in [1.29, 1.82) is 0 Å². The van der Waals surface area contributed by atoms with Crippen LogP contribution in [0.3, 0.4) is 0 Å². The van der Waals surface area contributed by atoms with Crippen molar-refractivity contribution >= 4 is 16.8 Å². The molecule has 0 atom stereocenters. The summed E-state index contributed by atoms with van der Waals surface area (Å²) in [7, 11) is 0. The number of fused-ring (bicyclic) bond motifs is 1. The number of carbonyl (C=O) groups is 1. The maximum atomic E-state index is 12.5. The van der Waals surface area contributed by atoms with E-state index in [9.17, 15) is 4.79 Å². The van der Waals surface area contributed by atoms with E-state index in [1.807, 2.05) is 23.1 Å². The monoisotopic (exact) mass is 361 g/mol. The van der Waals surface area contributed by atoms with Crippen LogP contribution in [0.1, 0.15) is 23.2 Å². The van der Waals surface area contributed by atoms with E-state index in [-0.39, 0.29) is 5.91 Å². The summed E-state index contributed by atoms with van der Waals surface area (Å²) in [5.74, 6) is 0.279. The van der Waals surface area contributed by atoms with E-state index in [2.05, 4.69) is 53.2 Å². The van der Waals surface area contributed by atoms with E-state index >= 15 is 0 Å². The van der Waals surface area contributed by atoms with Crippen LogP contribution in [0.4, 0.5) is 0 Å². The second-order valence-corrected chi connectivity index (χ2v) is 7.42. The maximum Gasteiger partial charge on any atom is 0.222 e. The van der Waals surface area contributed by atoms with Gasteiger partial charge in [0.15, 0.2) is 0 Å². The van der Waals surface area contributed by atoms with Gasteiger partial charge in [-0.05, 0) is 30.5 Å². The Hall–Kier alpha value is -2.59. The number of nitrogens with zero attached hydrogens (tertiary/aromatic N) is 2. The molecule has 3 aromatic rings. The topological polar surface area (TPSA) is 39.3 Å². The lowest BCUT2D eigenvalue weighted by molar-refractivity contribution is -0.133. The van der Waals surface area contributed by atoms with Gasteiger partial charge in [-0.15, -0.1) is 0 Å². The number of hydrogen-bond acceptors (Lipinski definition) is 2. The Kier molecular flexibility index (Phi) is 5.26. The van der Waals surface area contributed by atoms with Crippen molar-refractivity contribution in [2.75, 3.05) is 26.2 Å². The molecule has 0 unspecified atom stereocenters. The van der Waals surface area contributed by atoms with E-state index in [1.165, 1.54) is 27.7 Å². The molecule has 1 aliphatic rings. The second-order valence-electron chi connectivity index (χ2n) is 7.42. The Balaban J connectivity index is 1.31. The summed E-state index contributed by atoms with van der Waals surface area (Å²) in [4.78, 5) is 20.5. The molecule has 2 heterocycles. The van der Waals surface area contributed by atoms with E-state index < -0.39 is 0 Å². The van der Waals surface area contributed by atoms with Crippen LogP contribution in [0.15, 0.2) is 54.6 Å². The zero-order valence-corrected chi connectivity index (χ0v) is 15.9. The largest absolute Gasteiger partial charge is 0.358 e. The van der Waals surface area contributed by atoms with Crippen molar-refractivity contribution in [2.24, 2.45) is 0 Å². The second kappa shape index (κ2) is 7.97.